The number of hydrogen-bond donors (Lipinski definition) is 0. The van der Waals surface area contributed by atoms with Gasteiger partial charge in [-0.05, 0) is 51.6 Å². The molecule has 6 aromatic carbocycles. The zero-order valence-electron chi connectivity index (χ0n) is 24.3. The minimum absolute atomic E-state index is 0.602. The van der Waals surface area contributed by atoms with E-state index in [4.69, 9.17) is 15.0 Å². The molecule has 1 aromatic heterocycles. The average molecular weight is 575 g/mol. The summed E-state index contributed by atoms with van der Waals surface area (Å²) in [5, 5.41) is 9.91. The van der Waals surface area contributed by atoms with Gasteiger partial charge in [0, 0.05) is 16.7 Å². The maximum Gasteiger partial charge on any atom is 0.164 e. The molecule has 8 rings (SSSR count). The zero-order valence-corrected chi connectivity index (χ0v) is 24.3. The molecular weight excluding hydrogens is 548 g/mol. The lowest BCUT2D eigenvalue weighted by atomic mass is 9.67. The molecule has 0 atom stereocenters. The van der Waals surface area contributed by atoms with Gasteiger partial charge in [0.15, 0.2) is 17.5 Å². The van der Waals surface area contributed by atoms with E-state index >= 15 is 0 Å². The summed E-state index contributed by atoms with van der Waals surface area (Å²) in [6.07, 6.45) is 0. The molecule has 0 fully saturated rings. The number of fused-ring (bicyclic) bond motifs is 3. The molecule has 45 heavy (non-hydrogen) atoms. The molecule has 0 unspecified atom stereocenters. The quantitative estimate of drug-likeness (QED) is 0.206. The van der Waals surface area contributed by atoms with Gasteiger partial charge in [0.1, 0.15) is 0 Å². The highest BCUT2D eigenvalue weighted by Gasteiger charge is 2.46. The first-order valence-electron chi connectivity index (χ1n) is 14.9. The van der Waals surface area contributed by atoms with Gasteiger partial charge in [-0.15, -0.1) is 0 Å². The van der Waals surface area contributed by atoms with E-state index < -0.39 is 5.41 Å². The van der Waals surface area contributed by atoms with Crippen molar-refractivity contribution in [2.75, 3.05) is 0 Å². The van der Waals surface area contributed by atoms with Crippen LogP contribution in [0, 0.1) is 11.3 Å². The van der Waals surface area contributed by atoms with Crippen molar-refractivity contribution in [3.8, 4) is 51.4 Å². The topological polar surface area (TPSA) is 62.5 Å². The van der Waals surface area contributed by atoms with Crippen LogP contribution in [0.25, 0.3) is 45.3 Å². The summed E-state index contributed by atoms with van der Waals surface area (Å²) in [5.74, 6) is 1.85. The van der Waals surface area contributed by atoms with Gasteiger partial charge in [0.25, 0.3) is 0 Å². The monoisotopic (exact) mass is 574 g/mol. The Morgan fingerprint density at radius 1 is 0.422 bits per heavy atom. The van der Waals surface area contributed by atoms with Crippen LogP contribution in [0.3, 0.4) is 0 Å². The van der Waals surface area contributed by atoms with Crippen molar-refractivity contribution in [1.29, 1.82) is 5.26 Å². The van der Waals surface area contributed by atoms with Crippen molar-refractivity contribution in [1.82, 2.24) is 15.0 Å². The molecular formula is C41H26N4. The number of nitrogens with zero attached hydrogens (tertiary/aromatic N) is 4. The Kier molecular flexibility index (Phi) is 6.36. The van der Waals surface area contributed by atoms with Crippen LogP contribution < -0.4 is 0 Å². The third-order valence-electron chi connectivity index (χ3n) is 8.63. The number of nitriles is 1. The summed E-state index contributed by atoms with van der Waals surface area (Å²) in [6.45, 7) is 0. The van der Waals surface area contributed by atoms with E-state index in [1.165, 1.54) is 22.3 Å². The molecule has 0 radical (unpaired) electrons. The van der Waals surface area contributed by atoms with Crippen molar-refractivity contribution in [2.45, 2.75) is 5.41 Å². The molecule has 0 bridgehead atoms. The van der Waals surface area contributed by atoms with E-state index in [9.17, 15) is 5.26 Å². The van der Waals surface area contributed by atoms with Crippen LogP contribution in [-0.2, 0) is 5.41 Å². The summed E-state index contributed by atoms with van der Waals surface area (Å²) in [4.78, 5) is 14.9. The van der Waals surface area contributed by atoms with Crippen molar-refractivity contribution < 1.29 is 0 Å². The lowest BCUT2D eigenvalue weighted by molar-refractivity contribution is 0.768. The van der Waals surface area contributed by atoms with E-state index in [2.05, 4.69) is 84.9 Å². The average Bonchev–Trinajstić information content (AvgIpc) is 3.43. The molecule has 0 aliphatic heterocycles. The van der Waals surface area contributed by atoms with Crippen LogP contribution in [0.1, 0.15) is 27.8 Å². The summed E-state index contributed by atoms with van der Waals surface area (Å²) < 4.78 is 0. The predicted octanol–water partition coefficient (Wildman–Crippen LogP) is 9.11. The summed E-state index contributed by atoms with van der Waals surface area (Å²) in [7, 11) is 0. The molecule has 1 heterocycles. The van der Waals surface area contributed by atoms with Gasteiger partial charge >= 0.3 is 0 Å². The Morgan fingerprint density at radius 2 is 0.867 bits per heavy atom. The first-order valence-corrected chi connectivity index (χ1v) is 14.9. The molecule has 0 N–H and O–H groups in total. The first kappa shape index (κ1) is 26.4. The largest absolute Gasteiger partial charge is 0.208 e. The van der Waals surface area contributed by atoms with Crippen molar-refractivity contribution in [2.24, 2.45) is 0 Å². The molecule has 0 saturated heterocycles. The standard InChI is InChI=1S/C41H26N4/c42-27-28-13-11-19-32(25-28)41(36-23-9-7-21-34(36)35-22-8-10-24-37(35)41)33-20-12-18-31(26-33)40-44-38(29-14-3-1-4-15-29)43-39(45-40)30-16-5-2-6-17-30/h1-26H. The smallest absolute Gasteiger partial charge is 0.164 e. The fraction of sp³-hybridized carbons (Fsp3) is 0.0244. The van der Waals surface area contributed by atoms with E-state index in [-0.39, 0.29) is 0 Å². The Balaban J connectivity index is 1.40. The molecule has 1 aliphatic rings. The van der Waals surface area contributed by atoms with Gasteiger partial charge in [0.2, 0.25) is 0 Å². The number of benzene rings is 6. The second-order valence-corrected chi connectivity index (χ2v) is 11.2. The Hall–Kier alpha value is -6.18. The molecule has 4 heteroatoms. The summed E-state index contributed by atoms with van der Waals surface area (Å²) >= 11 is 0. The van der Waals surface area contributed by atoms with Crippen LogP contribution in [0.2, 0.25) is 0 Å². The van der Waals surface area contributed by atoms with Gasteiger partial charge in [-0.1, -0.05) is 140 Å². The minimum Gasteiger partial charge on any atom is -0.208 e. The summed E-state index contributed by atoms with van der Waals surface area (Å²) in [6, 6.07) is 56.1. The molecule has 0 saturated carbocycles. The van der Waals surface area contributed by atoms with Gasteiger partial charge in [0.05, 0.1) is 17.0 Å². The van der Waals surface area contributed by atoms with Gasteiger partial charge < -0.3 is 0 Å². The Morgan fingerprint density at radius 3 is 1.42 bits per heavy atom. The van der Waals surface area contributed by atoms with Gasteiger partial charge in [-0.2, -0.15) is 5.26 Å². The lowest BCUT2D eigenvalue weighted by Gasteiger charge is -2.34. The van der Waals surface area contributed by atoms with Crippen LogP contribution in [0.5, 0.6) is 0 Å². The Labute approximate surface area is 262 Å². The highest BCUT2D eigenvalue weighted by Crippen LogP contribution is 2.56. The van der Waals surface area contributed by atoms with Gasteiger partial charge in [-0.25, -0.2) is 15.0 Å². The first-order chi connectivity index (χ1) is 22.3. The second kappa shape index (κ2) is 10.8. The van der Waals surface area contributed by atoms with Gasteiger partial charge in [-0.3, -0.25) is 0 Å². The van der Waals surface area contributed by atoms with Crippen LogP contribution in [0.4, 0.5) is 0 Å². The third kappa shape index (κ3) is 4.33. The zero-order chi connectivity index (χ0) is 30.2. The highest BCUT2D eigenvalue weighted by molar-refractivity contribution is 5.86. The van der Waals surface area contributed by atoms with E-state index in [0.29, 0.717) is 23.0 Å². The highest BCUT2D eigenvalue weighted by atomic mass is 15.0. The molecule has 7 aromatic rings. The van der Waals surface area contributed by atoms with E-state index in [0.717, 1.165) is 27.8 Å². The second-order valence-electron chi connectivity index (χ2n) is 11.2. The van der Waals surface area contributed by atoms with Crippen LogP contribution in [-0.4, -0.2) is 15.0 Å². The molecule has 0 amide bonds. The summed E-state index contributed by atoms with van der Waals surface area (Å²) in [5.41, 5.74) is 9.61. The molecule has 0 spiro atoms. The number of aromatic nitrogens is 3. The van der Waals surface area contributed by atoms with Crippen molar-refractivity contribution in [3.63, 3.8) is 0 Å². The number of hydrogen-bond acceptors (Lipinski definition) is 4. The number of rotatable bonds is 5. The van der Waals surface area contributed by atoms with Crippen molar-refractivity contribution >= 4 is 0 Å². The lowest BCUT2D eigenvalue weighted by Crippen LogP contribution is -2.28. The van der Waals surface area contributed by atoms with Crippen molar-refractivity contribution in [3.05, 3.63) is 186 Å². The fourth-order valence-corrected chi connectivity index (χ4v) is 6.67. The van der Waals surface area contributed by atoms with Crippen LogP contribution in [0.15, 0.2) is 158 Å². The Bertz CT molecular complexity index is 2130. The fourth-order valence-electron chi connectivity index (χ4n) is 6.67. The molecule has 210 valence electrons. The maximum absolute atomic E-state index is 9.91. The minimum atomic E-state index is -0.645. The van der Waals surface area contributed by atoms with Crippen LogP contribution >= 0.6 is 0 Å². The van der Waals surface area contributed by atoms with E-state index in [1.807, 2.05) is 78.9 Å². The normalized spacial score (nSPS) is 12.6. The SMILES string of the molecule is N#Cc1cccc(C2(c3cccc(-c4nc(-c5ccccc5)nc(-c5ccccc5)n4)c3)c3ccccc3-c3ccccc32)c1. The third-order valence-corrected chi connectivity index (χ3v) is 8.63. The van der Waals surface area contributed by atoms with E-state index in [1.54, 1.807) is 0 Å². The molecule has 1 aliphatic carbocycles. The maximum atomic E-state index is 9.91. The predicted molar refractivity (Wildman–Crippen MR) is 178 cm³/mol. The molecule has 4 nitrogen and oxygen atoms in total.